The van der Waals surface area contributed by atoms with Gasteiger partial charge >= 0.3 is 0 Å². The van der Waals surface area contributed by atoms with Gasteiger partial charge < -0.3 is 0 Å². The van der Waals surface area contributed by atoms with E-state index in [0.29, 0.717) is 0 Å². The third-order valence-corrected chi connectivity index (χ3v) is 3.61. The van der Waals surface area contributed by atoms with E-state index in [0.717, 1.165) is 0 Å². The molecule has 0 N–H and O–H groups in total. The van der Waals surface area contributed by atoms with Crippen LogP contribution in [0.3, 0.4) is 0 Å². The first kappa shape index (κ1) is 12.0. The van der Waals surface area contributed by atoms with Crippen LogP contribution in [-0.4, -0.2) is 0 Å². The highest BCUT2D eigenvalue weighted by molar-refractivity contribution is 6.23. The van der Waals surface area contributed by atoms with E-state index in [9.17, 15) is 0 Å². The van der Waals surface area contributed by atoms with Crippen molar-refractivity contribution >= 4 is 32.3 Å². The molecule has 0 heteroatoms. The first-order valence-corrected chi connectivity index (χ1v) is 6.97. The molecule has 4 aromatic carbocycles. The summed E-state index contributed by atoms with van der Waals surface area (Å²) in [6.45, 7) is 6.16. The molecule has 0 aliphatic rings. The topological polar surface area (TPSA) is 0 Å². The molecule has 0 aliphatic heterocycles. The summed E-state index contributed by atoms with van der Waals surface area (Å²) in [7, 11) is 0. The molecule has 0 spiro atoms. The van der Waals surface area contributed by atoms with Crippen molar-refractivity contribution in [2.24, 2.45) is 0 Å². The molecule has 0 aromatic heterocycles. The second kappa shape index (κ2) is 4.55. The highest BCUT2D eigenvalue weighted by Crippen LogP contribution is 2.34. The Balaban J connectivity index is 0.000000528. The van der Waals surface area contributed by atoms with Gasteiger partial charge in [0.1, 0.15) is 0 Å². The van der Waals surface area contributed by atoms with Crippen LogP contribution in [-0.2, 0) is 0 Å². The largest absolute Gasteiger partial charge is 0.0683 e. The van der Waals surface area contributed by atoms with Gasteiger partial charge in [-0.1, -0.05) is 68.4 Å². The number of hydrogen-bond donors (Lipinski definition) is 0. The molecule has 0 saturated carbocycles. The third-order valence-electron chi connectivity index (χ3n) is 3.61. The first-order valence-electron chi connectivity index (χ1n) is 6.97. The predicted molar refractivity (Wildman–Crippen MR) is 86.2 cm³/mol. The highest BCUT2D eigenvalue weighted by atomic mass is 14.1. The zero-order valence-corrected chi connectivity index (χ0v) is 11.7. The van der Waals surface area contributed by atoms with Crippen LogP contribution in [0.25, 0.3) is 32.3 Å². The third kappa shape index (κ3) is 1.76. The van der Waals surface area contributed by atoms with Crippen LogP contribution < -0.4 is 0 Å². The molecule has 0 saturated heterocycles. The Bertz CT molecular complexity index is 776. The molecule has 4 rings (SSSR count). The van der Waals surface area contributed by atoms with Crippen LogP contribution in [0.2, 0.25) is 0 Å². The zero-order chi connectivity index (χ0) is 13.4. The van der Waals surface area contributed by atoms with Gasteiger partial charge in [-0.25, -0.2) is 0 Å². The SMILES string of the molecule is CC.Cc1cc2ccc3cccc4ccc(c1)c2c34. The lowest BCUT2D eigenvalue weighted by molar-refractivity contribution is 1.50. The van der Waals surface area contributed by atoms with Crippen LogP contribution >= 0.6 is 0 Å². The Hall–Kier alpha value is -2.08. The first-order chi connectivity index (χ1) is 9.33. The zero-order valence-electron chi connectivity index (χ0n) is 11.7. The summed E-state index contributed by atoms with van der Waals surface area (Å²) in [5.41, 5.74) is 1.33. The lowest BCUT2D eigenvalue weighted by Gasteiger charge is -2.11. The molecule has 0 aliphatic carbocycles. The standard InChI is InChI=1S/C17H12.C2H6/c1-11-9-14-7-5-12-3-2-4-13-6-8-15(10-11)17(14)16(12)13;1-2/h2-10H,1H3;1-2H3. The molecule has 0 bridgehead atoms. The maximum atomic E-state index is 2.27. The molecule has 0 heterocycles. The van der Waals surface area contributed by atoms with Gasteiger partial charge in [0.25, 0.3) is 0 Å². The van der Waals surface area contributed by atoms with Crippen molar-refractivity contribution in [1.29, 1.82) is 0 Å². The van der Waals surface area contributed by atoms with Gasteiger partial charge in [0.05, 0.1) is 0 Å². The van der Waals surface area contributed by atoms with Crippen molar-refractivity contribution in [2.45, 2.75) is 20.8 Å². The van der Waals surface area contributed by atoms with Gasteiger partial charge in [-0.05, 0) is 44.8 Å². The molecule has 0 atom stereocenters. The van der Waals surface area contributed by atoms with Crippen LogP contribution in [0.15, 0.2) is 54.6 Å². The second-order valence-corrected chi connectivity index (χ2v) is 4.80. The fourth-order valence-electron chi connectivity index (χ4n) is 2.91. The summed E-state index contributed by atoms with van der Waals surface area (Å²) >= 11 is 0. The maximum absolute atomic E-state index is 2.27. The van der Waals surface area contributed by atoms with Gasteiger partial charge in [-0.15, -0.1) is 0 Å². The van der Waals surface area contributed by atoms with E-state index in [4.69, 9.17) is 0 Å². The van der Waals surface area contributed by atoms with Crippen molar-refractivity contribution in [3.8, 4) is 0 Å². The average Bonchev–Trinajstić information content (AvgIpc) is 2.46. The van der Waals surface area contributed by atoms with Gasteiger partial charge in [0.2, 0.25) is 0 Å². The fraction of sp³-hybridized carbons (Fsp3) is 0.158. The van der Waals surface area contributed by atoms with E-state index in [2.05, 4.69) is 61.5 Å². The van der Waals surface area contributed by atoms with Crippen molar-refractivity contribution in [3.63, 3.8) is 0 Å². The summed E-state index contributed by atoms with van der Waals surface area (Å²) in [4.78, 5) is 0. The number of hydrogen-bond acceptors (Lipinski definition) is 0. The molecule has 0 radical (unpaired) electrons. The fourth-order valence-corrected chi connectivity index (χ4v) is 2.91. The summed E-state index contributed by atoms with van der Waals surface area (Å²) in [5, 5.41) is 8.19. The highest BCUT2D eigenvalue weighted by Gasteiger charge is 2.07. The summed E-state index contributed by atoms with van der Waals surface area (Å²) in [6, 6.07) is 20.0. The smallest absolute Gasteiger partial charge is 0.00266 e. The van der Waals surface area contributed by atoms with Crippen LogP contribution in [0.5, 0.6) is 0 Å². The minimum Gasteiger partial charge on any atom is -0.0683 e. The van der Waals surface area contributed by atoms with E-state index in [-0.39, 0.29) is 0 Å². The monoisotopic (exact) mass is 246 g/mol. The lowest BCUT2D eigenvalue weighted by Crippen LogP contribution is -1.84. The predicted octanol–water partition coefficient (Wildman–Crippen LogP) is 5.92. The molecule has 4 aromatic rings. The van der Waals surface area contributed by atoms with Gasteiger partial charge in [0, 0.05) is 0 Å². The molecule has 0 amide bonds. The van der Waals surface area contributed by atoms with Crippen molar-refractivity contribution in [3.05, 3.63) is 60.2 Å². The summed E-state index contributed by atoms with van der Waals surface area (Å²) in [5.74, 6) is 0. The number of benzene rings is 4. The van der Waals surface area contributed by atoms with Gasteiger partial charge in [-0.2, -0.15) is 0 Å². The number of aryl methyl sites for hydroxylation is 1. The minimum atomic E-state index is 1.33. The van der Waals surface area contributed by atoms with Crippen molar-refractivity contribution in [1.82, 2.24) is 0 Å². The van der Waals surface area contributed by atoms with Crippen LogP contribution in [0.1, 0.15) is 19.4 Å². The van der Waals surface area contributed by atoms with E-state index < -0.39 is 0 Å². The average molecular weight is 246 g/mol. The molecule has 0 fully saturated rings. The molecule has 0 nitrogen and oxygen atoms in total. The molecular formula is C19H18. The Labute approximate surface area is 114 Å². The normalized spacial score (nSPS) is 10.9. The van der Waals surface area contributed by atoms with E-state index in [1.807, 2.05) is 13.8 Å². The quantitative estimate of drug-likeness (QED) is 0.338. The molecule has 94 valence electrons. The van der Waals surface area contributed by atoms with Crippen LogP contribution in [0.4, 0.5) is 0 Å². The summed E-state index contributed by atoms with van der Waals surface area (Å²) < 4.78 is 0. The van der Waals surface area contributed by atoms with Gasteiger partial charge in [-0.3, -0.25) is 0 Å². The maximum Gasteiger partial charge on any atom is -0.00266 e. The van der Waals surface area contributed by atoms with Crippen LogP contribution in [0, 0.1) is 6.92 Å². The van der Waals surface area contributed by atoms with E-state index >= 15 is 0 Å². The number of rotatable bonds is 0. The lowest BCUT2D eigenvalue weighted by atomic mass is 9.93. The molecule has 19 heavy (non-hydrogen) atoms. The Morgan fingerprint density at radius 2 is 1.00 bits per heavy atom. The second-order valence-electron chi connectivity index (χ2n) is 4.80. The Morgan fingerprint density at radius 1 is 0.579 bits per heavy atom. The summed E-state index contributed by atoms with van der Waals surface area (Å²) in [6.07, 6.45) is 0. The molecule has 0 unspecified atom stereocenters. The van der Waals surface area contributed by atoms with E-state index in [1.165, 1.54) is 37.9 Å². The molecular weight excluding hydrogens is 228 g/mol. The van der Waals surface area contributed by atoms with Gasteiger partial charge in [0.15, 0.2) is 0 Å². The Morgan fingerprint density at radius 3 is 1.53 bits per heavy atom. The van der Waals surface area contributed by atoms with Crippen molar-refractivity contribution < 1.29 is 0 Å². The van der Waals surface area contributed by atoms with Crippen molar-refractivity contribution in [2.75, 3.05) is 0 Å². The minimum absolute atomic E-state index is 1.33. The Kier molecular flexibility index (Phi) is 2.87. The van der Waals surface area contributed by atoms with E-state index in [1.54, 1.807) is 0 Å².